The number of hydrogen-bond acceptors (Lipinski definition) is 6. The molecule has 752 valence electrons. The van der Waals surface area contributed by atoms with Crippen LogP contribution in [0.15, 0.2) is 199 Å². The van der Waals surface area contributed by atoms with E-state index in [0.29, 0.717) is 11.5 Å². The van der Waals surface area contributed by atoms with Gasteiger partial charge in [0.15, 0.2) is 0 Å². The monoisotopic (exact) mass is 2440 g/mol. The Morgan fingerprint density at radius 1 is 0.319 bits per heavy atom. The first-order chi connectivity index (χ1) is 65.7. The third-order valence-corrected chi connectivity index (χ3v) is 30.8. The van der Waals surface area contributed by atoms with Gasteiger partial charge in [0, 0.05) is 22.7 Å². The normalized spacial score (nSPS) is 13.5. The summed E-state index contributed by atoms with van der Waals surface area (Å²) in [5.41, 5.74) is 32.3. The van der Waals surface area contributed by atoms with Gasteiger partial charge in [0.05, 0.1) is 0 Å². The summed E-state index contributed by atoms with van der Waals surface area (Å²) in [6.07, 6.45) is 10.9. The van der Waals surface area contributed by atoms with Gasteiger partial charge >= 0.3 is 552 Å². The number of benzene rings is 12. The number of nitrogens with zero attached hydrogens (tertiary/aromatic N) is 4. The fraction of sp³-hybridized carbons (Fsp3) is 0.339. The molecule has 0 radical (unpaired) electrons. The summed E-state index contributed by atoms with van der Waals surface area (Å²) in [7, 11) is 51.5. The Balaban J connectivity index is 0.000000179. The van der Waals surface area contributed by atoms with Gasteiger partial charge in [-0.1, -0.05) is 96.5 Å². The summed E-state index contributed by atoms with van der Waals surface area (Å²) in [5.74, 6) is 5.04. The van der Waals surface area contributed by atoms with Crippen LogP contribution in [0.25, 0.3) is 43.8 Å². The Kier molecular flexibility index (Phi) is 48.2. The van der Waals surface area contributed by atoms with E-state index in [9.17, 15) is 0 Å². The predicted octanol–water partition coefficient (Wildman–Crippen LogP) is 33.9. The van der Waals surface area contributed by atoms with Crippen molar-refractivity contribution in [3.63, 3.8) is 0 Å². The number of halogens is 9. The van der Waals surface area contributed by atoms with E-state index in [0.717, 1.165) is 60.9 Å². The van der Waals surface area contributed by atoms with Gasteiger partial charge in [0.2, 0.25) is 0 Å². The summed E-state index contributed by atoms with van der Waals surface area (Å²) < 4.78 is 38.2. The molecule has 0 amide bonds. The predicted molar refractivity (Wildman–Crippen MR) is 598 cm³/mol. The Labute approximate surface area is 886 Å². The van der Waals surface area contributed by atoms with Crippen LogP contribution in [0.5, 0.6) is 34.5 Å². The molecule has 0 aliphatic carbocycles. The molecule has 12 aromatic rings. The van der Waals surface area contributed by atoms with Crippen LogP contribution in [0.1, 0.15) is 201 Å². The maximum atomic E-state index is 6.31. The van der Waals surface area contributed by atoms with Crippen LogP contribution < -0.4 is 29.1 Å². The molecule has 0 saturated carbocycles. The third-order valence-electron chi connectivity index (χ3n) is 22.9. The molecular weight excluding hydrogens is 2300 g/mol. The summed E-state index contributed by atoms with van der Waals surface area (Å²) in [5, 5.41) is 4.84. The number of aryl methyl sites for hydroxylation is 13. The fourth-order valence-electron chi connectivity index (χ4n) is 18.1. The third kappa shape index (κ3) is 35.1. The molecule has 4 fully saturated rings. The van der Waals surface area contributed by atoms with Crippen LogP contribution in [0.3, 0.4) is 0 Å². The second kappa shape index (κ2) is 57.6. The number of ether oxygens (including phenoxy) is 6. The van der Waals surface area contributed by atoms with Crippen LogP contribution in [-0.2, 0) is 54.1 Å². The van der Waals surface area contributed by atoms with Crippen LogP contribution in [-0.4, -0.2) is 102 Å². The molecule has 4 heterocycles. The summed E-state index contributed by atoms with van der Waals surface area (Å²) in [6, 6.07) is 67.8. The van der Waals surface area contributed by atoms with Crippen molar-refractivity contribution in [3.8, 4) is 56.8 Å². The zero-order valence-electron chi connectivity index (χ0n) is 84.1. The van der Waals surface area contributed by atoms with Gasteiger partial charge in [-0.15, -0.1) is 0 Å². The number of hydrogen-bond donors (Lipinski definition) is 0. The minimum absolute atomic E-state index is 0.156. The van der Waals surface area contributed by atoms with E-state index in [-0.39, 0.29) is 24.4 Å². The van der Waals surface area contributed by atoms with Crippen molar-refractivity contribution in [1.82, 2.24) is 0 Å². The average Bonchev–Trinajstić information content (AvgIpc) is 0.929. The van der Waals surface area contributed by atoms with E-state index in [2.05, 4.69) is 322 Å². The van der Waals surface area contributed by atoms with Gasteiger partial charge in [-0.25, -0.2) is 26.2 Å². The molecule has 0 aromatic heterocycles. The second-order valence-electron chi connectivity index (χ2n) is 36.1. The van der Waals surface area contributed by atoms with Crippen LogP contribution >= 0.6 is 93.5 Å². The van der Waals surface area contributed by atoms with E-state index in [4.69, 9.17) is 96.5 Å². The summed E-state index contributed by atoms with van der Waals surface area (Å²) >= 11 is -4.15. The first-order valence-electron chi connectivity index (χ1n) is 46.9. The van der Waals surface area contributed by atoms with E-state index >= 15 is 0 Å². The fourth-order valence-corrected chi connectivity index (χ4v) is 25.6. The van der Waals surface area contributed by atoms with Gasteiger partial charge in [0.1, 0.15) is 0 Å². The number of aromatic hydroxyl groups is 4. The Morgan fingerprint density at radius 2 is 0.667 bits per heavy atom. The molecule has 4 aliphatic heterocycles. The van der Waals surface area contributed by atoms with Gasteiger partial charge in [-0.2, -0.15) is 25.7 Å². The van der Waals surface area contributed by atoms with Gasteiger partial charge in [-0.05, 0) is 154 Å². The molecule has 4 aliphatic rings. The zero-order valence-corrected chi connectivity index (χ0v) is 98.7. The molecular formula is C115H141BrCl8N4O6Ru4. The first-order valence-corrected chi connectivity index (χ1v) is 69.6. The van der Waals surface area contributed by atoms with Gasteiger partial charge < -0.3 is 19.6 Å². The average molecular weight is 2440 g/mol. The standard InChI is InChI=1S/C25H22O.C16H16O.4C13H18N.C12H16O3.C10H11BrO.8ClH.4Ru/c1-16(2)26-25-18(4)15-20-10-6-8-12-22(20)24(25)23-17(3)13-14-19-9-5-7-11-21(19)23;1-12(2)17-16-13(3)8-7-11-15(16)14-9-5-4-6-10-14;4*1-10-8-11(2)13(12(3)9-10)14-6-4-5-7-14;1-8(2)15-10-7-12(14-5)11(13-4)6-9(10)3;1-7(2)12-10-5-4-9(11)6-8(10)3;;;;;;;;;;;;/h4-16H,1-3H3;3-12H,1-2H3;4*6,8-9H,4-5,7H2,1-3H3;3,6-8H,1-2,4-5H3;3-7H,1-2H3;8*1H;;;;/q;;4*-1;;;;;;;;;;;4*+2/p-4. The minimum atomic E-state index is -2.01. The first kappa shape index (κ1) is 116. The molecule has 10 nitrogen and oxygen atoms in total. The molecule has 12 aromatic carbocycles. The zero-order chi connectivity index (χ0) is 101. The van der Waals surface area contributed by atoms with Crippen molar-refractivity contribution in [2.24, 2.45) is 0 Å². The van der Waals surface area contributed by atoms with Crippen LogP contribution in [0.4, 0.5) is 22.7 Å². The van der Waals surface area contributed by atoms with Crippen LogP contribution in [0.2, 0.25) is 0 Å². The molecule has 16 rings (SSSR count). The number of methoxy groups -OCH3 is 2. The molecule has 0 atom stereocenters. The number of para-hydroxylation sites is 1. The maximum absolute atomic E-state index is 6.31. The molecule has 0 bridgehead atoms. The van der Waals surface area contributed by atoms with E-state index in [1.165, 1.54) is 205 Å². The molecule has 138 heavy (non-hydrogen) atoms. The summed E-state index contributed by atoms with van der Waals surface area (Å²) in [4.78, 5) is 9.63. The summed E-state index contributed by atoms with van der Waals surface area (Å²) in [6.45, 7) is 59.0. The Morgan fingerprint density at radius 3 is 1.05 bits per heavy atom. The van der Waals surface area contributed by atoms with Crippen LogP contribution in [0, 0.1) is 116 Å². The number of fused-ring (bicyclic) bond motifs is 2. The van der Waals surface area contributed by atoms with Crippen molar-refractivity contribution < 1.29 is 82.5 Å². The van der Waals surface area contributed by atoms with Gasteiger partial charge in [0.25, 0.3) is 0 Å². The Bertz CT molecular complexity index is 5800. The van der Waals surface area contributed by atoms with Gasteiger partial charge in [-0.3, -0.25) is 0 Å². The SMILES string of the molecule is CC(C)[OH+]c1c([CH]=[Ru]([Cl])[Cl])cccc1-c1ccccc1.CC(C)[OH+]c1ccc(Br)cc1[CH]=[Ru]([Cl])[Cl].COc1cc([CH]=[Ru]([Cl])[Cl])c([OH+]C(C)C)cc1OC.Cc1cc(C)c(N2[CH-]CCC2)c(C)c1.Cc1cc(C)c(N2[CH-]CCC2)c(C)c1.Cc1cc(C)c(N2[CH-]CCC2)c(C)c1.Cc1cc(C)c(N2[CH-]CCC2)c(C)c1.Cc1ccc2ccccc2c1-c1c([OH+]C(C)C)c([CH]=[Ru]([Cl])[Cl])cc2ccccc12. The number of aliphatic hydroxyl groups is 4. The van der Waals surface area contributed by atoms with Crippen molar-refractivity contribution in [3.05, 3.63) is 319 Å². The van der Waals surface area contributed by atoms with E-state index in [1.807, 2.05) is 107 Å². The number of rotatable bonds is 20. The molecule has 0 unspecified atom stereocenters. The quantitative estimate of drug-likeness (QED) is 0.0430. The van der Waals surface area contributed by atoms with Crippen molar-refractivity contribution in [1.29, 1.82) is 0 Å². The van der Waals surface area contributed by atoms with Crippen molar-refractivity contribution >= 4 is 156 Å². The topological polar surface area (TPSA) is 82.6 Å². The van der Waals surface area contributed by atoms with Crippen molar-refractivity contribution in [2.45, 2.75) is 221 Å². The van der Waals surface area contributed by atoms with E-state index < -0.39 is 54.1 Å². The molecule has 0 spiro atoms. The van der Waals surface area contributed by atoms with E-state index in [1.54, 1.807) is 14.2 Å². The Hall–Kier alpha value is -6.07. The number of anilines is 4. The van der Waals surface area contributed by atoms with Crippen molar-refractivity contribution in [2.75, 3.05) is 60.0 Å². The molecule has 4 saturated heterocycles. The molecule has 4 N–H and O–H groups in total. The molecule has 23 heteroatoms. The second-order valence-corrected chi connectivity index (χ2v) is 60.0.